The predicted molar refractivity (Wildman–Crippen MR) is 88.0 cm³/mol. The Bertz CT molecular complexity index is 719. The summed E-state index contributed by atoms with van der Waals surface area (Å²) >= 11 is 0. The Hall–Kier alpha value is -2.36. The Morgan fingerprint density at radius 3 is 2.29 bits per heavy atom. The number of nitrogens with two attached hydrogens (primary N) is 1. The first kappa shape index (κ1) is 15.0. The topological polar surface area (TPSA) is 60.4 Å². The van der Waals surface area contributed by atoms with Crippen molar-refractivity contribution < 1.29 is 0 Å². The highest BCUT2D eigenvalue weighted by molar-refractivity contribution is 5.79. The molecule has 0 aliphatic carbocycles. The van der Waals surface area contributed by atoms with Gasteiger partial charge in [-0.2, -0.15) is 9.78 Å². The van der Waals surface area contributed by atoms with Crippen LogP contribution < -0.4 is 11.3 Å². The SMILES string of the molecule is Cc1cc(N)n(/N=C\c2ccc(C(C)(C)C)cc2)c(=O)c1. The van der Waals surface area contributed by atoms with Crippen LogP contribution in [0.1, 0.15) is 37.5 Å². The molecule has 0 unspecified atom stereocenters. The third kappa shape index (κ3) is 3.60. The van der Waals surface area contributed by atoms with Gasteiger partial charge in [0.05, 0.1) is 6.21 Å². The molecule has 2 aromatic rings. The van der Waals surface area contributed by atoms with E-state index in [0.29, 0.717) is 5.82 Å². The van der Waals surface area contributed by atoms with Crippen molar-refractivity contribution in [1.29, 1.82) is 0 Å². The summed E-state index contributed by atoms with van der Waals surface area (Å²) in [5.41, 5.74) is 8.72. The van der Waals surface area contributed by atoms with Crippen LogP contribution in [0, 0.1) is 6.92 Å². The van der Waals surface area contributed by atoms with Crippen LogP contribution in [0.25, 0.3) is 0 Å². The van der Waals surface area contributed by atoms with Crippen LogP contribution >= 0.6 is 0 Å². The molecule has 1 aromatic heterocycles. The Kier molecular flexibility index (Phi) is 3.98. The minimum atomic E-state index is -0.227. The maximum absolute atomic E-state index is 11.8. The molecule has 0 spiro atoms. The minimum absolute atomic E-state index is 0.119. The van der Waals surface area contributed by atoms with Crippen LogP contribution in [-0.2, 0) is 5.41 Å². The zero-order valence-corrected chi connectivity index (χ0v) is 12.9. The number of nitrogen functional groups attached to an aromatic ring is 1. The number of nitrogens with zero attached hydrogens (tertiary/aromatic N) is 2. The van der Waals surface area contributed by atoms with Crippen molar-refractivity contribution in [2.24, 2.45) is 5.10 Å². The van der Waals surface area contributed by atoms with Crippen LogP contribution in [0.5, 0.6) is 0 Å². The first-order chi connectivity index (χ1) is 9.77. The molecule has 0 saturated heterocycles. The van der Waals surface area contributed by atoms with E-state index in [1.165, 1.54) is 16.3 Å². The Balaban J connectivity index is 2.28. The maximum Gasteiger partial charge on any atom is 0.273 e. The van der Waals surface area contributed by atoms with E-state index in [2.05, 4.69) is 38.0 Å². The van der Waals surface area contributed by atoms with Crippen LogP contribution in [0.3, 0.4) is 0 Å². The molecule has 0 bridgehead atoms. The van der Waals surface area contributed by atoms with Gasteiger partial charge in [-0.25, -0.2) is 0 Å². The molecule has 0 saturated carbocycles. The average Bonchev–Trinajstić information content (AvgIpc) is 2.37. The van der Waals surface area contributed by atoms with E-state index in [-0.39, 0.29) is 11.0 Å². The van der Waals surface area contributed by atoms with Gasteiger partial charge in [0.1, 0.15) is 5.82 Å². The molecule has 0 atom stereocenters. The van der Waals surface area contributed by atoms with Gasteiger partial charge in [0, 0.05) is 6.07 Å². The smallest absolute Gasteiger partial charge is 0.273 e. The van der Waals surface area contributed by atoms with E-state index in [9.17, 15) is 4.79 Å². The molecule has 0 aliphatic rings. The molecule has 0 amide bonds. The second kappa shape index (κ2) is 5.56. The molecule has 1 heterocycles. The molecule has 21 heavy (non-hydrogen) atoms. The lowest BCUT2D eigenvalue weighted by atomic mass is 9.87. The Morgan fingerprint density at radius 1 is 1.14 bits per heavy atom. The summed E-state index contributed by atoms with van der Waals surface area (Å²) in [7, 11) is 0. The van der Waals surface area contributed by atoms with Gasteiger partial charge in [-0.15, -0.1) is 0 Å². The number of benzene rings is 1. The van der Waals surface area contributed by atoms with E-state index in [0.717, 1.165) is 11.1 Å². The molecule has 0 aliphatic heterocycles. The molecule has 4 nitrogen and oxygen atoms in total. The summed E-state index contributed by atoms with van der Waals surface area (Å²) in [5.74, 6) is 0.336. The molecular formula is C17H21N3O. The fraction of sp³-hybridized carbons (Fsp3) is 0.294. The van der Waals surface area contributed by atoms with Gasteiger partial charge in [-0.1, -0.05) is 45.0 Å². The number of pyridine rings is 1. The van der Waals surface area contributed by atoms with Crippen molar-refractivity contribution >= 4 is 12.0 Å². The highest BCUT2D eigenvalue weighted by Gasteiger charge is 2.12. The second-order valence-corrected chi connectivity index (χ2v) is 6.22. The standard InChI is InChI=1S/C17H21N3O/c1-12-9-15(18)20(16(21)10-12)19-11-13-5-7-14(8-6-13)17(2,3)4/h5-11H,18H2,1-4H3/b19-11-. The first-order valence-corrected chi connectivity index (χ1v) is 6.91. The third-order valence-corrected chi connectivity index (χ3v) is 3.28. The molecule has 0 radical (unpaired) electrons. The summed E-state index contributed by atoms with van der Waals surface area (Å²) in [6, 6.07) is 11.3. The van der Waals surface area contributed by atoms with Crippen LogP contribution in [0.15, 0.2) is 46.3 Å². The quantitative estimate of drug-likeness (QED) is 0.861. The normalized spacial score (nSPS) is 12.0. The summed E-state index contributed by atoms with van der Waals surface area (Å²) < 4.78 is 1.20. The van der Waals surface area contributed by atoms with Crippen molar-refractivity contribution in [1.82, 2.24) is 4.68 Å². The molecular weight excluding hydrogens is 262 g/mol. The van der Waals surface area contributed by atoms with Crippen molar-refractivity contribution in [2.75, 3.05) is 5.73 Å². The van der Waals surface area contributed by atoms with Gasteiger partial charge in [0.2, 0.25) is 0 Å². The van der Waals surface area contributed by atoms with E-state index in [1.807, 2.05) is 19.1 Å². The first-order valence-electron chi connectivity index (χ1n) is 6.91. The van der Waals surface area contributed by atoms with Crippen LogP contribution in [0.2, 0.25) is 0 Å². The van der Waals surface area contributed by atoms with Gasteiger partial charge in [0.15, 0.2) is 0 Å². The van der Waals surface area contributed by atoms with Gasteiger partial charge in [-0.3, -0.25) is 4.79 Å². The molecule has 110 valence electrons. The zero-order valence-electron chi connectivity index (χ0n) is 12.9. The highest BCUT2D eigenvalue weighted by Crippen LogP contribution is 2.21. The number of anilines is 1. The summed E-state index contributed by atoms with van der Waals surface area (Å²) in [5, 5.41) is 4.16. The maximum atomic E-state index is 11.8. The second-order valence-electron chi connectivity index (χ2n) is 6.22. The number of rotatable bonds is 2. The Morgan fingerprint density at radius 2 is 1.76 bits per heavy atom. The van der Waals surface area contributed by atoms with E-state index in [4.69, 9.17) is 5.73 Å². The molecule has 1 aromatic carbocycles. The molecule has 2 N–H and O–H groups in total. The highest BCUT2D eigenvalue weighted by atomic mass is 16.1. The lowest BCUT2D eigenvalue weighted by Gasteiger charge is -2.18. The Labute approximate surface area is 124 Å². The fourth-order valence-corrected chi connectivity index (χ4v) is 2.04. The molecule has 2 rings (SSSR count). The van der Waals surface area contributed by atoms with Crippen molar-refractivity contribution in [2.45, 2.75) is 33.1 Å². The fourth-order valence-electron chi connectivity index (χ4n) is 2.04. The number of aromatic nitrogens is 1. The lowest BCUT2D eigenvalue weighted by Crippen LogP contribution is -2.19. The lowest BCUT2D eigenvalue weighted by molar-refractivity contribution is 0.590. The summed E-state index contributed by atoms with van der Waals surface area (Å²) in [6.07, 6.45) is 1.64. The third-order valence-electron chi connectivity index (χ3n) is 3.28. The van der Waals surface area contributed by atoms with E-state index >= 15 is 0 Å². The monoisotopic (exact) mass is 283 g/mol. The largest absolute Gasteiger partial charge is 0.384 e. The van der Waals surface area contributed by atoms with Crippen molar-refractivity contribution in [3.8, 4) is 0 Å². The molecule has 0 fully saturated rings. The van der Waals surface area contributed by atoms with Gasteiger partial charge >= 0.3 is 0 Å². The average molecular weight is 283 g/mol. The number of aryl methyl sites for hydroxylation is 1. The minimum Gasteiger partial charge on any atom is -0.384 e. The van der Waals surface area contributed by atoms with Gasteiger partial charge in [0.25, 0.3) is 5.56 Å². The zero-order chi connectivity index (χ0) is 15.6. The number of hydrogen-bond donors (Lipinski definition) is 1. The molecule has 4 heteroatoms. The van der Waals surface area contributed by atoms with E-state index < -0.39 is 0 Å². The van der Waals surface area contributed by atoms with Gasteiger partial charge in [-0.05, 0) is 35.1 Å². The number of hydrogen-bond acceptors (Lipinski definition) is 3. The van der Waals surface area contributed by atoms with Crippen molar-refractivity contribution in [3.63, 3.8) is 0 Å². The van der Waals surface area contributed by atoms with Crippen LogP contribution in [0.4, 0.5) is 5.82 Å². The summed E-state index contributed by atoms with van der Waals surface area (Å²) in [4.78, 5) is 11.8. The van der Waals surface area contributed by atoms with Gasteiger partial charge < -0.3 is 5.73 Å². The van der Waals surface area contributed by atoms with Crippen LogP contribution in [-0.4, -0.2) is 10.9 Å². The summed E-state index contributed by atoms with van der Waals surface area (Å²) in [6.45, 7) is 8.34. The van der Waals surface area contributed by atoms with Crippen molar-refractivity contribution in [3.05, 3.63) is 63.4 Å². The van der Waals surface area contributed by atoms with E-state index in [1.54, 1.807) is 12.3 Å². The predicted octanol–water partition coefficient (Wildman–Crippen LogP) is 2.92.